The van der Waals surface area contributed by atoms with E-state index in [0.717, 1.165) is 32.0 Å². The molecule has 4 aromatic rings. The predicted octanol–water partition coefficient (Wildman–Crippen LogP) is 5.10. The van der Waals surface area contributed by atoms with E-state index in [4.69, 9.17) is 29.0 Å². The number of aliphatic hydroxyl groups is 2. The number of halogens is 1. The van der Waals surface area contributed by atoms with Crippen molar-refractivity contribution < 1.29 is 77.7 Å². The predicted molar refractivity (Wildman–Crippen MR) is 349 cm³/mol. The normalized spacial score (nSPS) is 23.1. The molecule has 2 aromatic heterocycles. The smallest absolute Gasteiger partial charge is 0.342 e. The molecule has 2 aromatic carbocycles. The molecule has 0 saturated carbocycles. The van der Waals surface area contributed by atoms with Gasteiger partial charge in [0.05, 0.1) is 72.1 Å². The Morgan fingerprint density at radius 3 is 1.40 bits per heavy atom. The maximum atomic E-state index is 13.2. The van der Waals surface area contributed by atoms with Gasteiger partial charge in [0.2, 0.25) is 34.8 Å². The van der Waals surface area contributed by atoms with Crippen molar-refractivity contribution in [3.05, 3.63) is 101 Å². The Labute approximate surface area is 550 Å². The molecule has 4 saturated heterocycles. The quantitative estimate of drug-likeness (QED) is 0.0546. The lowest BCUT2D eigenvalue weighted by molar-refractivity contribution is -0.217. The van der Waals surface area contributed by atoms with Gasteiger partial charge in [-0.25, -0.2) is 20.4 Å². The molecule has 27 heteroatoms. The SMILES string of the molecule is C=CC1(C(=O)O)COC(C)(C)CO1.CC(C)[C@H](O)C(=O)N[C@@H](C)C(=O)N1CCC[C@@H](C(=O)N[C@H](C)c2ccc3ccc(/C=C/C4(C(=O)O)COC(C)(C)CO4)cc3n2)N1.CC(C)[C@H](O)C(=O)N[C@@H](C)C(=O)N1CCC[C@@H](C(=O)N[C@H](C)c2ccc3ccc(Br)cc3n2)N1. The van der Waals surface area contributed by atoms with Gasteiger partial charge >= 0.3 is 11.9 Å². The number of hydrazine groups is 2. The number of nitrogens with one attached hydrogen (secondary N) is 6. The summed E-state index contributed by atoms with van der Waals surface area (Å²) in [5.74, 6) is -5.25. The van der Waals surface area contributed by atoms with Gasteiger partial charge in [-0.05, 0) is 141 Å². The van der Waals surface area contributed by atoms with Gasteiger partial charge in [-0.3, -0.25) is 48.8 Å². The van der Waals surface area contributed by atoms with E-state index in [0.29, 0.717) is 50.0 Å². The maximum absolute atomic E-state index is 13.2. The molecule has 4 fully saturated rings. The number of carboxylic acid groups (broad SMARTS) is 2. The van der Waals surface area contributed by atoms with Crippen LogP contribution in [0.2, 0.25) is 0 Å². The average Bonchev–Trinajstić information content (AvgIpc) is 0.850. The van der Waals surface area contributed by atoms with Crippen molar-refractivity contribution in [3.8, 4) is 0 Å². The Morgan fingerprint density at radius 1 is 0.591 bits per heavy atom. The second kappa shape index (κ2) is 32.2. The number of pyridine rings is 2. The highest BCUT2D eigenvalue weighted by Crippen LogP contribution is 2.30. The molecule has 0 radical (unpaired) electrons. The van der Waals surface area contributed by atoms with Gasteiger partial charge in [-0.2, -0.15) is 0 Å². The van der Waals surface area contributed by atoms with Gasteiger partial charge in [0.15, 0.2) is 0 Å². The average molecular weight is 1360 g/mol. The fourth-order valence-corrected chi connectivity index (χ4v) is 10.3. The minimum absolute atomic E-state index is 0.0127. The fourth-order valence-electron chi connectivity index (χ4n) is 9.91. The molecular formula is C66H91BrN10O16. The zero-order valence-corrected chi connectivity index (χ0v) is 56.5. The summed E-state index contributed by atoms with van der Waals surface area (Å²) >= 11 is 3.45. The highest BCUT2D eigenvalue weighted by molar-refractivity contribution is 9.10. The van der Waals surface area contributed by atoms with E-state index >= 15 is 0 Å². The molecule has 508 valence electrons. The van der Waals surface area contributed by atoms with Crippen LogP contribution in [0.25, 0.3) is 27.9 Å². The zero-order chi connectivity index (χ0) is 68.9. The first-order valence-electron chi connectivity index (χ1n) is 31.1. The fraction of sp³-hybridized carbons (Fsp3) is 0.545. The monoisotopic (exact) mass is 1360 g/mol. The van der Waals surface area contributed by atoms with Crippen LogP contribution < -0.4 is 32.1 Å². The van der Waals surface area contributed by atoms with Crippen molar-refractivity contribution in [2.24, 2.45) is 11.8 Å². The van der Waals surface area contributed by atoms with Crippen molar-refractivity contribution in [2.45, 2.75) is 180 Å². The van der Waals surface area contributed by atoms with Gasteiger partial charge in [-0.1, -0.05) is 86.6 Å². The van der Waals surface area contributed by atoms with Crippen LogP contribution in [0.5, 0.6) is 0 Å². The summed E-state index contributed by atoms with van der Waals surface area (Å²) in [6.45, 7) is 25.5. The van der Waals surface area contributed by atoms with Crippen LogP contribution in [0.15, 0.2) is 83.9 Å². The van der Waals surface area contributed by atoms with Crippen molar-refractivity contribution in [1.29, 1.82) is 0 Å². The number of aromatic nitrogens is 2. The molecule has 6 amide bonds. The maximum Gasteiger partial charge on any atom is 0.342 e. The molecule has 0 aliphatic carbocycles. The first-order chi connectivity index (χ1) is 43.6. The molecule has 4 aliphatic rings. The van der Waals surface area contributed by atoms with Crippen LogP contribution in [-0.4, -0.2) is 186 Å². The molecule has 4 aliphatic heterocycles. The number of amides is 6. The van der Waals surface area contributed by atoms with Crippen molar-refractivity contribution in [3.63, 3.8) is 0 Å². The molecule has 8 rings (SSSR count). The lowest BCUT2D eigenvalue weighted by Crippen LogP contribution is -2.61. The van der Waals surface area contributed by atoms with Crippen LogP contribution in [-0.2, 0) is 57.3 Å². The van der Waals surface area contributed by atoms with Crippen LogP contribution >= 0.6 is 15.9 Å². The standard InChI is InChI=1S/C33H45N5O8.C24H32BrN5O4.C9H14O4/c1-19(2)27(39)29(41)35-21(4)30(42)38-15-7-8-25(37-38)28(40)34-20(3)24-12-11-23-10-9-22(16-26(23)36-24)13-14-33(31(43)44)18-45-32(5,6)17-46-33;1-13(2)21(31)23(33)27-15(4)24(34)30-11-5-6-19(29-30)22(32)26-14(3)18-10-8-16-7-9-17(25)12-20(16)28-18;1-4-9(7(10)11)6-12-8(2,3)5-13-9/h9-14,16,19-21,25,27,37,39H,7-8,15,17-18H2,1-6H3,(H,34,40)(H,35,41)(H,43,44);7-10,12-15,19,21,29,31H,5-6,11H2,1-4H3,(H,26,32)(H,27,33);4H,1,5-6H2,2-3H3,(H,10,11)/b14-13+;;/t20-,21+,25+,27+,33?;14-,15+,19+,21+;/m11./s1. The number of carbonyl (C=O) groups excluding carboxylic acids is 6. The highest BCUT2D eigenvalue weighted by atomic mass is 79.9. The summed E-state index contributed by atoms with van der Waals surface area (Å²) in [6, 6.07) is 15.3. The highest BCUT2D eigenvalue weighted by Gasteiger charge is 2.46. The number of hydrogen-bond acceptors (Lipinski definition) is 18. The molecule has 10 N–H and O–H groups in total. The summed E-state index contributed by atoms with van der Waals surface area (Å²) in [4.78, 5) is 109. The summed E-state index contributed by atoms with van der Waals surface area (Å²) in [5.41, 5.74) is 5.61. The molecule has 26 nitrogen and oxygen atoms in total. The minimum Gasteiger partial charge on any atom is -0.479 e. The number of rotatable bonds is 19. The lowest BCUT2D eigenvalue weighted by Gasteiger charge is -2.39. The summed E-state index contributed by atoms with van der Waals surface area (Å²) in [7, 11) is 0. The van der Waals surface area contributed by atoms with Gasteiger partial charge in [0.1, 0.15) is 36.4 Å². The van der Waals surface area contributed by atoms with Gasteiger partial charge in [0.25, 0.3) is 11.8 Å². The third-order valence-electron chi connectivity index (χ3n) is 16.1. The first-order valence-corrected chi connectivity index (χ1v) is 31.9. The molecule has 6 heterocycles. The Balaban J connectivity index is 0.000000254. The van der Waals surface area contributed by atoms with E-state index in [2.05, 4.69) is 59.6 Å². The second-order valence-corrected chi connectivity index (χ2v) is 26.7. The third kappa shape index (κ3) is 20.1. The van der Waals surface area contributed by atoms with E-state index < -0.39 is 94.5 Å². The Hall–Kier alpha value is -7.34. The zero-order valence-electron chi connectivity index (χ0n) is 54.9. The number of fused-ring (bicyclic) bond motifs is 2. The van der Waals surface area contributed by atoms with Crippen LogP contribution in [0, 0.1) is 11.8 Å². The third-order valence-corrected chi connectivity index (χ3v) is 16.6. The number of nitrogens with zero attached hydrogens (tertiary/aromatic N) is 4. The number of carbonyl (C=O) groups is 8. The molecule has 93 heavy (non-hydrogen) atoms. The molecule has 0 bridgehead atoms. The van der Waals surface area contributed by atoms with Gasteiger partial charge < -0.3 is 60.6 Å². The number of aliphatic carboxylic acids is 2. The number of aliphatic hydroxyl groups excluding tert-OH is 2. The number of carboxylic acids is 2. The first kappa shape index (κ1) is 74.7. The summed E-state index contributed by atoms with van der Waals surface area (Å²) < 4.78 is 23.0. The number of benzene rings is 2. The van der Waals surface area contributed by atoms with E-state index in [9.17, 15) is 53.7 Å². The molecule has 2 unspecified atom stereocenters. The van der Waals surface area contributed by atoms with Crippen molar-refractivity contribution in [2.75, 3.05) is 39.5 Å². The van der Waals surface area contributed by atoms with Crippen molar-refractivity contribution >= 4 is 91.2 Å². The Bertz CT molecular complexity index is 3380. The van der Waals surface area contributed by atoms with E-state index in [1.807, 2.05) is 102 Å². The largest absolute Gasteiger partial charge is 0.479 e. The van der Waals surface area contributed by atoms with Crippen LogP contribution in [0.1, 0.15) is 138 Å². The number of hydrogen-bond donors (Lipinski definition) is 10. The number of ether oxygens (including phenoxy) is 4. The molecule has 10 atom stereocenters. The second-order valence-electron chi connectivity index (χ2n) is 25.8. The van der Waals surface area contributed by atoms with Crippen LogP contribution in [0.4, 0.5) is 0 Å². The van der Waals surface area contributed by atoms with Gasteiger partial charge in [0, 0.05) is 28.3 Å². The Kier molecular flexibility index (Phi) is 25.9. The minimum atomic E-state index is -1.59. The Morgan fingerprint density at radius 2 is 1.00 bits per heavy atom. The molecular weight excluding hydrogens is 1270 g/mol. The summed E-state index contributed by atoms with van der Waals surface area (Å²) in [5, 5.41) is 54.2. The molecule has 0 spiro atoms. The van der Waals surface area contributed by atoms with Crippen molar-refractivity contribution in [1.82, 2.24) is 52.1 Å². The van der Waals surface area contributed by atoms with E-state index in [1.165, 1.54) is 29.1 Å². The van der Waals surface area contributed by atoms with E-state index in [-0.39, 0.29) is 62.0 Å². The topological polar surface area (TPSA) is 359 Å². The van der Waals surface area contributed by atoms with Crippen LogP contribution in [0.3, 0.4) is 0 Å². The summed E-state index contributed by atoms with van der Waals surface area (Å²) in [6.07, 6.45) is 4.35. The van der Waals surface area contributed by atoms with E-state index in [1.54, 1.807) is 40.7 Å². The van der Waals surface area contributed by atoms with Gasteiger partial charge in [-0.15, -0.1) is 0 Å². The lowest BCUT2D eigenvalue weighted by atomic mass is 9.99.